The average molecular weight is 339 g/mol. The fourth-order valence-corrected chi connectivity index (χ4v) is 1.83. The van der Waals surface area contributed by atoms with Crippen molar-refractivity contribution in [2.24, 2.45) is 0 Å². The lowest BCUT2D eigenvalue weighted by atomic mass is 10.1. The highest BCUT2D eigenvalue weighted by Crippen LogP contribution is 2.32. The van der Waals surface area contributed by atoms with Gasteiger partial charge in [-0.3, -0.25) is 9.59 Å². The Kier molecular flexibility index (Phi) is 5.08. The maximum Gasteiger partial charge on any atom is 0.416 e. The van der Waals surface area contributed by atoms with E-state index in [-0.39, 0.29) is 17.1 Å². The molecular formula is C16H12F3NO4. The van der Waals surface area contributed by atoms with Crippen LogP contribution in [0.1, 0.15) is 11.3 Å². The number of carboxylic acids is 1. The molecule has 5 nitrogen and oxygen atoms in total. The number of alkyl halides is 3. The number of amides is 1. The van der Waals surface area contributed by atoms with E-state index >= 15 is 0 Å². The first-order valence-electron chi connectivity index (χ1n) is 6.71. The lowest BCUT2D eigenvalue weighted by Gasteiger charge is -2.07. The number of aliphatic carboxylic acids is 1. The Balaban J connectivity index is 2.11. The van der Waals surface area contributed by atoms with Crippen molar-refractivity contribution in [2.45, 2.75) is 6.18 Å². The van der Waals surface area contributed by atoms with Crippen LogP contribution in [0.4, 0.5) is 13.2 Å². The number of furan rings is 1. The second kappa shape index (κ2) is 7.03. The maximum absolute atomic E-state index is 12.7. The van der Waals surface area contributed by atoms with Crippen molar-refractivity contribution in [2.75, 3.05) is 6.54 Å². The molecule has 1 aromatic carbocycles. The number of carbonyl (C=O) groups excluding carboxylic acids is 1. The topological polar surface area (TPSA) is 79.5 Å². The van der Waals surface area contributed by atoms with Crippen LogP contribution in [0.3, 0.4) is 0 Å². The fraction of sp³-hybridized carbons (Fsp3) is 0.125. The number of hydrogen-bond donors (Lipinski definition) is 2. The van der Waals surface area contributed by atoms with Gasteiger partial charge in [0.05, 0.1) is 5.56 Å². The largest absolute Gasteiger partial charge is 0.480 e. The van der Waals surface area contributed by atoms with E-state index in [1.807, 2.05) is 0 Å². The summed E-state index contributed by atoms with van der Waals surface area (Å²) in [5, 5.41) is 10.5. The zero-order chi connectivity index (χ0) is 17.7. The summed E-state index contributed by atoms with van der Waals surface area (Å²) in [6.45, 7) is -0.517. The van der Waals surface area contributed by atoms with Crippen molar-refractivity contribution in [3.05, 3.63) is 53.8 Å². The summed E-state index contributed by atoms with van der Waals surface area (Å²) < 4.78 is 43.5. The van der Waals surface area contributed by atoms with E-state index in [2.05, 4.69) is 5.32 Å². The molecule has 8 heteroatoms. The van der Waals surface area contributed by atoms with E-state index in [0.29, 0.717) is 0 Å². The lowest BCUT2D eigenvalue weighted by molar-refractivity contribution is -0.138. The van der Waals surface area contributed by atoms with Crippen LogP contribution in [0, 0.1) is 0 Å². The van der Waals surface area contributed by atoms with Crippen LogP contribution in [0.15, 0.2) is 46.9 Å². The third-order valence-electron chi connectivity index (χ3n) is 2.91. The molecule has 0 aliphatic rings. The first-order chi connectivity index (χ1) is 11.3. The molecule has 0 spiro atoms. The quantitative estimate of drug-likeness (QED) is 0.820. The number of benzene rings is 1. The van der Waals surface area contributed by atoms with Crippen molar-refractivity contribution >= 4 is 18.0 Å². The van der Waals surface area contributed by atoms with Crippen molar-refractivity contribution in [1.82, 2.24) is 5.32 Å². The number of carboxylic acid groups (broad SMARTS) is 1. The molecular weight excluding hydrogens is 327 g/mol. The van der Waals surface area contributed by atoms with E-state index < -0.39 is 30.2 Å². The standard InChI is InChI=1S/C16H12F3NO4/c17-16(18,19)11-3-1-2-10(8-11)13-6-4-12(24-13)5-7-14(21)20-9-15(22)23/h1-8H,9H2,(H,20,21)(H,22,23). The molecule has 1 amide bonds. The Bertz CT molecular complexity index is 778. The normalized spacial score (nSPS) is 11.6. The summed E-state index contributed by atoms with van der Waals surface area (Å²) in [6, 6.07) is 7.63. The second-order valence-corrected chi connectivity index (χ2v) is 4.73. The number of carbonyl (C=O) groups is 2. The van der Waals surface area contributed by atoms with E-state index in [1.54, 1.807) is 0 Å². The molecule has 0 saturated heterocycles. The van der Waals surface area contributed by atoms with Gasteiger partial charge in [-0.1, -0.05) is 12.1 Å². The molecule has 0 unspecified atom stereocenters. The summed E-state index contributed by atoms with van der Waals surface area (Å²) in [5.41, 5.74) is -0.540. The summed E-state index contributed by atoms with van der Waals surface area (Å²) in [6.07, 6.45) is -2.10. The minimum Gasteiger partial charge on any atom is -0.480 e. The summed E-state index contributed by atoms with van der Waals surface area (Å²) in [4.78, 5) is 21.6. The molecule has 1 heterocycles. The van der Waals surface area contributed by atoms with E-state index in [1.165, 1.54) is 30.3 Å². The van der Waals surface area contributed by atoms with Gasteiger partial charge in [-0.2, -0.15) is 13.2 Å². The van der Waals surface area contributed by atoms with Crippen LogP contribution >= 0.6 is 0 Å². The predicted molar refractivity (Wildman–Crippen MR) is 78.8 cm³/mol. The second-order valence-electron chi connectivity index (χ2n) is 4.73. The molecule has 2 aromatic rings. The van der Waals surface area contributed by atoms with Crippen molar-refractivity contribution in [1.29, 1.82) is 0 Å². The fourth-order valence-electron chi connectivity index (χ4n) is 1.83. The van der Waals surface area contributed by atoms with Gasteiger partial charge in [-0.25, -0.2) is 0 Å². The van der Waals surface area contributed by atoms with Gasteiger partial charge < -0.3 is 14.8 Å². The SMILES string of the molecule is O=C(O)CNC(=O)C=Cc1ccc(-c2cccc(C(F)(F)F)c2)o1. The Morgan fingerprint density at radius 3 is 2.62 bits per heavy atom. The number of rotatable bonds is 5. The van der Waals surface area contributed by atoms with Crippen LogP contribution < -0.4 is 5.32 Å². The summed E-state index contributed by atoms with van der Waals surface area (Å²) in [7, 11) is 0. The zero-order valence-electron chi connectivity index (χ0n) is 12.1. The highest BCUT2D eigenvalue weighted by Gasteiger charge is 2.30. The molecule has 0 atom stereocenters. The maximum atomic E-state index is 12.7. The summed E-state index contributed by atoms with van der Waals surface area (Å²) in [5.74, 6) is -1.35. The molecule has 0 saturated carbocycles. The molecule has 0 aliphatic heterocycles. The predicted octanol–water partition coefficient (Wildman–Crippen LogP) is 3.18. The van der Waals surface area contributed by atoms with Crippen LogP contribution in [-0.4, -0.2) is 23.5 Å². The molecule has 0 bridgehead atoms. The Labute approximate surface area is 134 Å². The summed E-state index contributed by atoms with van der Waals surface area (Å²) >= 11 is 0. The first kappa shape index (κ1) is 17.3. The van der Waals surface area contributed by atoms with Gasteiger partial charge in [0.15, 0.2) is 0 Å². The van der Waals surface area contributed by atoms with Crippen molar-refractivity contribution < 1.29 is 32.3 Å². The average Bonchev–Trinajstić information content (AvgIpc) is 2.99. The van der Waals surface area contributed by atoms with Crippen molar-refractivity contribution in [3.8, 4) is 11.3 Å². The highest BCUT2D eigenvalue weighted by molar-refractivity contribution is 5.93. The third kappa shape index (κ3) is 4.73. The smallest absolute Gasteiger partial charge is 0.416 e. The lowest BCUT2D eigenvalue weighted by Crippen LogP contribution is -2.27. The minimum absolute atomic E-state index is 0.215. The van der Waals surface area contributed by atoms with Gasteiger partial charge >= 0.3 is 12.1 Å². The first-order valence-corrected chi connectivity index (χ1v) is 6.71. The van der Waals surface area contributed by atoms with Gasteiger partial charge in [0, 0.05) is 11.6 Å². The third-order valence-corrected chi connectivity index (χ3v) is 2.91. The number of hydrogen-bond acceptors (Lipinski definition) is 3. The van der Waals surface area contributed by atoms with E-state index in [4.69, 9.17) is 9.52 Å². The zero-order valence-corrected chi connectivity index (χ0v) is 12.1. The van der Waals surface area contributed by atoms with Crippen LogP contribution in [0.5, 0.6) is 0 Å². The number of halogens is 3. The van der Waals surface area contributed by atoms with Crippen LogP contribution in [0.2, 0.25) is 0 Å². The molecule has 2 N–H and O–H groups in total. The van der Waals surface area contributed by atoms with Gasteiger partial charge in [0.1, 0.15) is 18.1 Å². The molecule has 0 fully saturated rings. The monoisotopic (exact) mass is 339 g/mol. The molecule has 1 aromatic heterocycles. The van der Waals surface area contributed by atoms with Gasteiger partial charge in [-0.15, -0.1) is 0 Å². The molecule has 0 radical (unpaired) electrons. The van der Waals surface area contributed by atoms with Crippen LogP contribution in [0.25, 0.3) is 17.4 Å². The van der Waals surface area contributed by atoms with Crippen molar-refractivity contribution in [3.63, 3.8) is 0 Å². The van der Waals surface area contributed by atoms with E-state index in [0.717, 1.165) is 18.2 Å². The number of nitrogens with one attached hydrogen (secondary N) is 1. The Hall–Kier alpha value is -3.03. The highest BCUT2D eigenvalue weighted by atomic mass is 19.4. The molecule has 24 heavy (non-hydrogen) atoms. The van der Waals surface area contributed by atoms with Gasteiger partial charge in [0.2, 0.25) is 5.91 Å². The molecule has 2 rings (SSSR count). The Morgan fingerprint density at radius 1 is 1.21 bits per heavy atom. The Morgan fingerprint density at radius 2 is 1.96 bits per heavy atom. The van der Waals surface area contributed by atoms with Gasteiger partial charge in [0.25, 0.3) is 0 Å². The molecule has 126 valence electrons. The van der Waals surface area contributed by atoms with E-state index in [9.17, 15) is 22.8 Å². The molecule has 0 aliphatic carbocycles. The van der Waals surface area contributed by atoms with Gasteiger partial charge in [-0.05, 0) is 30.3 Å². The minimum atomic E-state index is -4.45. The van der Waals surface area contributed by atoms with Crippen LogP contribution in [-0.2, 0) is 15.8 Å².